The number of benzene rings is 1. The molecule has 25 heavy (non-hydrogen) atoms. The molecule has 0 saturated carbocycles. The minimum Gasteiger partial charge on any atom is -0.463 e. The topological polar surface area (TPSA) is 53.3 Å². The SMILES string of the molecule is CN(C)CCOC(=O)C(C)(CC(C)(C)C#N)SC(=S)c1ccccc1. The van der Waals surface area contributed by atoms with E-state index >= 15 is 0 Å². The maximum absolute atomic E-state index is 12.8. The van der Waals surface area contributed by atoms with E-state index < -0.39 is 10.2 Å². The van der Waals surface area contributed by atoms with Gasteiger partial charge in [0.25, 0.3) is 0 Å². The normalized spacial score (nSPS) is 13.8. The van der Waals surface area contributed by atoms with Crippen molar-refractivity contribution in [3.63, 3.8) is 0 Å². The molecule has 0 saturated heterocycles. The first kappa shape index (κ1) is 21.6. The summed E-state index contributed by atoms with van der Waals surface area (Å²) in [5.41, 5.74) is 0.235. The fourth-order valence-electron chi connectivity index (χ4n) is 2.34. The lowest BCUT2D eigenvalue weighted by molar-refractivity contribution is -0.147. The molecule has 1 atom stereocenters. The van der Waals surface area contributed by atoms with Gasteiger partial charge in [-0.05, 0) is 46.9 Å². The first-order valence-corrected chi connectivity index (χ1v) is 9.34. The van der Waals surface area contributed by atoms with Crippen LogP contribution in [0.3, 0.4) is 0 Å². The number of ether oxygens (including phenoxy) is 1. The summed E-state index contributed by atoms with van der Waals surface area (Å²) in [4.78, 5) is 14.7. The number of thiocarbonyl (C=S) groups is 1. The second kappa shape index (κ2) is 9.33. The Bertz CT molecular complexity index is 639. The van der Waals surface area contributed by atoms with E-state index in [9.17, 15) is 10.1 Å². The second-order valence-electron chi connectivity index (χ2n) is 7.10. The van der Waals surface area contributed by atoms with Crippen LogP contribution in [0.1, 0.15) is 32.8 Å². The fraction of sp³-hybridized carbons (Fsp3) is 0.526. The lowest BCUT2D eigenvalue weighted by atomic mass is 9.84. The van der Waals surface area contributed by atoms with Crippen molar-refractivity contribution in [3.8, 4) is 6.07 Å². The van der Waals surface area contributed by atoms with E-state index in [0.717, 1.165) is 5.56 Å². The molecule has 0 aromatic heterocycles. The number of carbonyl (C=O) groups is 1. The minimum absolute atomic E-state index is 0.313. The largest absolute Gasteiger partial charge is 0.463 e. The highest BCUT2D eigenvalue weighted by atomic mass is 32.2. The lowest BCUT2D eigenvalue weighted by Gasteiger charge is -2.32. The van der Waals surface area contributed by atoms with Gasteiger partial charge in [-0.1, -0.05) is 54.3 Å². The third kappa shape index (κ3) is 7.15. The van der Waals surface area contributed by atoms with Gasteiger partial charge < -0.3 is 9.64 Å². The summed E-state index contributed by atoms with van der Waals surface area (Å²) in [5.74, 6) is -0.332. The van der Waals surface area contributed by atoms with Crippen molar-refractivity contribution in [2.75, 3.05) is 27.2 Å². The minimum atomic E-state index is -0.918. The maximum atomic E-state index is 12.8. The van der Waals surface area contributed by atoms with Crippen LogP contribution in [-0.4, -0.2) is 47.1 Å². The summed E-state index contributed by atoms with van der Waals surface area (Å²) in [6.07, 6.45) is 0.356. The molecule has 0 heterocycles. The highest BCUT2D eigenvalue weighted by Crippen LogP contribution is 2.40. The van der Waals surface area contributed by atoms with Gasteiger partial charge in [0, 0.05) is 6.54 Å². The van der Waals surface area contributed by atoms with Gasteiger partial charge in [-0.2, -0.15) is 5.26 Å². The van der Waals surface area contributed by atoms with Crippen LogP contribution >= 0.6 is 24.0 Å². The number of hydrogen-bond acceptors (Lipinski definition) is 6. The van der Waals surface area contributed by atoms with Crippen molar-refractivity contribution in [1.82, 2.24) is 4.90 Å². The molecule has 0 aliphatic heterocycles. The quantitative estimate of drug-likeness (QED) is 0.505. The van der Waals surface area contributed by atoms with E-state index in [1.165, 1.54) is 11.8 Å². The smallest absolute Gasteiger partial charge is 0.322 e. The Balaban J connectivity index is 2.96. The van der Waals surface area contributed by atoms with E-state index in [0.29, 0.717) is 23.8 Å². The number of hydrogen-bond donors (Lipinski definition) is 0. The van der Waals surface area contributed by atoms with E-state index in [2.05, 4.69) is 6.07 Å². The van der Waals surface area contributed by atoms with Crippen LogP contribution in [0.15, 0.2) is 30.3 Å². The van der Waals surface area contributed by atoms with E-state index in [4.69, 9.17) is 17.0 Å². The molecule has 0 spiro atoms. The van der Waals surface area contributed by atoms with Crippen LogP contribution in [0.2, 0.25) is 0 Å². The number of rotatable bonds is 8. The number of nitriles is 1. The molecule has 0 aliphatic rings. The Morgan fingerprint density at radius 3 is 2.40 bits per heavy atom. The average Bonchev–Trinajstić information content (AvgIpc) is 2.54. The number of carbonyl (C=O) groups excluding carboxylic acids is 1. The van der Waals surface area contributed by atoms with Crippen LogP contribution < -0.4 is 0 Å². The predicted octanol–water partition coefficient (Wildman–Crippen LogP) is 3.90. The van der Waals surface area contributed by atoms with Crippen molar-refractivity contribution < 1.29 is 9.53 Å². The fourth-order valence-corrected chi connectivity index (χ4v) is 4.27. The Kier molecular flexibility index (Phi) is 8.07. The third-order valence-corrected chi connectivity index (χ3v) is 5.28. The van der Waals surface area contributed by atoms with Gasteiger partial charge in [-0.3, -0.25) is 4.79 Å². The highest BCUT2D eigenvalue weighted by molar-refractivity contribution is 8.25. The van der Waals surface area contributed by atoms with Crippen LogP contribution in [0.4, 0.5) is 0 Å². The zero-order chi connectivity index (χ0) is 19.1. The van der Waals surface area contributed by atoms with Gasteiger partial charge in [0.05, 0.1) is 15.7 Å². The summed E-state index contributed by atoms with van der Waals surface area (Å²) >= 11 is 6.83. The van der Waals surface area contributed by atoms with Crippen molar-refractivity contribution in [1.29, 1.82) is 5.26 Å². The van der Waals surface area contributed by atoms with Gasteiger partial charge in [0.2, 0.25) is 0 Å². The second-order valence-corrected chi connectivity index (χ2v) is 9.28. The molecule has 1 aromatic carbocycles. The summed E-state index contributed by atoms with van der Waals surface area (Å²) in [6, 6.07) is 11.8. The predicted molar refractivity (Wildman–Crippen MR) is 108 cm³/mol. The average molecular weight is 379 g/mol. The summed E-state index contributed by atoms with van der Waals surface area (Å²) < 4.78 is 5.18. The summed E-state index contributed by atoms with van der Waals surface area (Å²) in [7, 11) is 3.84. The number of thioether (sulfide) groups is 1. The molecule has 4 nitrogen and oxygen atoms in total. The van der Waals surface area contributed by atoms with Gasteiger partial charge in [-0.25, -0.2) is 0 Å². The molecule has 1 rings (SSSR count). The molecular formula is C19H26N2O2S2. The molecule has 0 amide bonds. The number of likely N-dealkylation sites (N-methyl/N-ethyl adjacent to an activating group) is 1. The van der Waals surface area contributed by atoms with Crippen LogP contribution in [0.5, 0.6) is 0 Å². The Hall–Kier alpha value is -1.42. The first-order chi connectivity index (χ1) is 11.6. The summed E-state index contributed by atoms with van der Waals surface area (Å²) in [6.45, 7) is 6.42. The Morgan fingerprint density at radius 1 is 1.28 bits per heavy atom. The number of nitrogens with zero attached hydrogens (tertiary/aromatic N) is 2. The molecule has 6 heteroatoms. The molecule has 0 radical (unpaired) electrons. The van der Waals surface area contributed by atoms with Crippen molar-refractivity contribution in [2.45, 2.75) is 31.9 Å². The van der Waals surface area contributed by atoms with Crippen molar-refractivity contribution in [3.05, 3.63) is 35.9 Å². The van der Waals surface area contributed by atoms with Gasteiger partial charge in [0.15, 0.2) is 0 Å². The molecule has 1 unspecified atom stereocenters. The van der Waals surface area contributed by atoms with Crippen molar-refractivity contribution >= 4 is 34.1 Å². The van der Waals surface area contributed by atoms with E-state index in [1.807, 2.05) is 70.1 Å². The summed E-state index contributed by atoms with van der Waals surface area (Å²) in [5, 5.41) is 9.39. The molecule has 0 N–H and O–H groups in total. The molecule has 0 fully saturated rings. The Morgan fingerprint density at radius 2 is 1.88 bits per heavy atom. The Labute approximate surface area is 160 Å². The number of esters is 1. The maximum Gasteiger partial charge on any atom is 0.322 e. The zero-order valence-corrected chi connectivity index (χ0v) is 17.2. The van der Waals surface area contributed by atoms with Crippen LogP contribution in [-0.2, 0) is 9.53 Å². The monoisotopic (exact) mass is 378 g/mol. The van der Waals surface area contributed by atoms with Crippen molar-refractivity contribution in [2.24, 2.45) is 5.41 Å². The van der Waals surface area contributed by atoms with Gasteiger partial charge >= 0.3 is 5.97 Å². The highest BCUT2D eigenvalue weighted by Gasteiger charge is 2.42. The molecule has 136 valence electrons. The molecule has 0 bridgehead atoms. The van der Waals surface area contributed by atoms with Crippen LogP contribution in [0, 0.1) is 16.7 Å². The lowest BCUT2D eigenvalue weighted by Crippen LogP contribution is -2.40. The standard InChI is InChI=1S/C19H26N2O2S2/c1-18(2,14-20)13-19(3,17(22)23-12-11-21(4)5)25-16(24)15-9-7-6-8-10-15/h6-10H,11-13H2,1-5H3. The van der Waals surface area contributed by atoms with Gasteiger partial charge in [-0.15, -0.1) is 0 Å². The first-order valence-electron chi connectivity index (χ1n) is 8.11. The molecular weight excluding hydrogens is 352 g/mol. The van der Waals surface area contributed by atoms with E-state index in [1.54, 1.807) is 0 Å². The van der Waals surface area contributed by atoms with Gasteiger partial charge in [0.1, 0.15) is 11.4 Å². The van der Waals surface area contributed by atoms with Crippen LogP contribution in [0.25, 0.3) is 0 Å². The molecule has 1 aromatic rings. The third-order valence-electron chi connectivity index (χ3n) is 3.61. The zero-order valence-electron chi connectivity index (χ0n) is 15.5. The van der Waals surface area contributed by atoms with E-state index in [-0.39, 0.29) is 5.97 Å². The molecule has 0 aliphatic carbocycles.